The molecule has 0 unspecified atom stereocenters. The molecule has 0 fully saturated rings. The van der Waals surface area contributed by atoms with E-state index in [2.05, 4.69) is 10.5 Å². The zero-order valence-corrected chi connectivity index (χ0v) is 12.5. The van der Waals surface area contributed by atoms with Gasteiger partial charge in [0.15, 0.2) is 0 Å². The van der Waals surface area contributed by atoms with Crippen LogP contribution in [0.25, 0.3) is 0 Å². The highest BCUT2D eigenvalue weighted by molar-refractivity contribution is 5.62. The molecule has 2 rings (SSSR count). The van der Waals surface area contributed by atoms with Crippen molar-refractivity contribution in [3.63, 3.8) is 0 Å². The van der Waals surface area contributed by atoms with Crippen LogP contribution in [-0.2, 0) is 6.42 Å². The maximum Gasteiger partial charge on any atom is 0.292 e. The molecular weight excluding hydrogens is 270 g/mol. The Morgan fingerprint density at radius 3 is 2.71 bits per heavy atom. The molecule has 1 aromatic carbocycles. The topological polar surface area (TPSA) is 81.2 Å². The average molecular weight is 289 g/mol. The summed E-state index contributed by atoms with van der Waals surface area (Å²) in [6.07, 6.45) is 1.70. The molecule has 0 amide bonds. The monoisotopic (exact) mass is 289 g/mol. The lowest BCUT2D eigenvalue weighted by molar-refractivity contribution is -0.384. The number of rotatable bonds is 6. The smallest absolute Gasteiger partial charge is 0.292 e. The first-order valence-corrected chi connectivity index (χ1v) is 6.89. The van der Waals surface area contributed by atoms with Crippen LogP contribution in [0.5, 0.6) is 0 Å². The fourth-order valence-electron chi connectivity index (χ4n) is 2.29. The SMILES string of the molecule is Cc1ccc(NCCCc2c(C)noc2C)c([N+](=O)[O-])c1. The van der Waals surface area contributed by atoms with Crippen LogP contribution in [0.2, 0.25) is 0 Å². The predicted octanol–water partition coefficient (Wildman–Crippen LogP) is 3.55. The van der Waals surface area contributed by atoms with Crippen molar-refractivity contribution < 1.29 is 9.45 Å². The molecule has 0 spiro atoms. The molecule has 21 heavy (non-hydrogen) atoms. The van der Waals surface area contributed by atoms with E-state index >= 15 is 0 Å². The highest BCUT2D eigenvalue weighted by Crippen LogP contribution is 2.25. The van der Waals surface area contributed by atoms with Gasteiger partial charge in [0, 0.05) is 18.2 Å². The molecule has 0 saturated heterocycles. The summed E-state index contributed by atoms with van der Waals surface area (Å²) < 4.78 is 5.11. The fourth-order valence-corrected chi connectivity index (χ4v) is 2.29. The van der Waals surface area contributed by atoms with Crippen molar-refractivity contribution in [1.29, 1.82) is 0 Å². The zero-order valence-electron chi connectivity index (χ0n) is 12.5. The van der Waals surface area contributed by atoms with Gasteiger partial charge >= 0.3 is 0 Å². The van der Waals surface area contributed by atoms with Gasteiger partial charge in [-0.1, -0.05) is 11.2 Å². The summed E-state index contributed by atoms with van der Waals surface area (Å²) in [5.41, 5.74) is 3.59. The lowest BCUT2D eigenvalue weighted by atomic mass is 10.1. The van der Waals surface area contributed by atoms with Gasteiger partial charge in [0.05, 0.1) is 10.6 Å². The van der Waals surface area contributed by atoms with Crippen LogP contribution in [-0.4, -0.2) is 16.6 Å². The molecule has 1 aromatic heterocycles. The molecule has 0 bridgehead atoms. The molecule has 6 heteroatoms. The van der Waals surface area contributed by atoms with Crippen molar-refractivity contribution in [2.24, 2.45) is 0 Å². The first-order valence-electron chi connectivity index (χ1n) is 6.89. The maximum absolute atomic E-state index is 11.0. The summed E-state index contributed by atoms with van der Waals surface area (Å²) in [4.78, 5) is 10.7. The van der Waals surface area contributed by atoms with Crippen LogP contribution in [0.1, 0.15) is 29.0 Å². The zero-order chi connectivity index (χ0) is 15.4. The van der Waals surface area contributed by atoms with Gasteiger partial charge in [0.1, 0.15) is 11.4 Å². The normalized spacial score (nSPS) is 10.6. The van der Waals surface area contributed by atoms with Crippen molar-refractivity contribution in [2.75, 3.05) is 11.9 Å². The third-order valence-electron chi connectivity index (χ3n) is 3.45. The molecule has 0 radical (unpaired) electrons. The van der Waals surface area contributed by atoms with Gasteiger partial charge in [-0.15, -0.1) is 0 Å². The van der Waals surface area contributed by atoms with Gasteiger partial charge in [-0.05, 0) is 45.2 Å². The number of nitro groups is 1. The van der Waals surface area contributed by atoms with E-state index in [1.54, 1.807) is 12.1 Å². The minimum Gasteiger partial charge on any atom is -0.379 e. The van der Waals surface area contributed by atoms with Gasteiger partial charge < -0.3 is 9.84 Å². The molecule has 1 N–H and O–H groups in total. The van der Waals surface area contributed by atoms with E-state index < -0.39 is 0 Å². The number of aryl methyl sites for hydroxylation is 3. The number of hydrogen-bond donors (Lipinski definition) is 1. The number of nitrogens with one attached hydrogen (secondary N) is 1. The molecule has 2 aromatic rings. The van der Waals surface area contributed by atoms with Crippen LogP contribution in [0.3, 0.4) is 0 Å². The fraction of sp³-hybridized carbons (Fsp3) is 0.400. The third kappa shape index (κ3) is 3.59. The van der Waals surface area contributed by atoms with Crippen molar-refractivity contribution in [1.82, 2.24) is 5.16 Å². The van der Waals surface area contributed by atoms with Gasteiger partial charge in [0.2, 0.25) is 0 Å². The molecule has 0 aliphatic rings. The van der Waals surface area contributed by atoms with Gasteiger partial charge in [-0.2, -0.15) is 0 Å². The molecule has 0 saturated carbocycles. The lowest BCUT2D eigenvalue weighted by Gasteiger charge is -2.07. The number of benzene rings is 1. The standard InChI is InChI=1S/C15H19N3O3/c1-10-6-7-14(15(9-10)18(19)20)16-8-4-5-13-11(2)17-21-12(13)3/h6-7,9,16H,4-5,8H2,1-3H3. The van der Waals surface area contributed by atoms with E-state index in [4.69, 9.17) is 4.52 Å². The molecular formula is C15H19N3O3. The molecule has 0 atom stereocenters. The Kier molecular flexibility index (Phi) is 4.57. The number of hydrogen-bond acceptors (Lipinski definition) is 5. The van der Waals surface area contributed by atoms with E-state index in [-0.39, 0.29) is 10.6 Å². The predicted molar refractivity (Wildman–Crippen MR) is 80.6 cm³/mol. The Bertz CT molecular complexity index is 630. The molecule has 112 valence electrons. The second kappa shape index (κ2) is 6.39. The quantitative estimate of drug-likeness (QED) is 0.499. The van der Waals surface area contributed by atoms with Crippen LogP contribution in [0, 0.1) is 30.9 Å². The van der Waals surface area contributed by atoms with E-state index in [0.717, 1.165) is 35.4 Å². The van der Waals surface area contributed by atoms with E-state index in [1.807, 2.05) is 26.8 Å². The molecule has 0 aliphatic carbocycles. The number of nitro benzene ring substituents is 1. The van der Waals surface area contributed by atoms with Crippen LogP contribution in [0.15, 0.2) is 22.7 Å². The van der Waals surface area contributed by atoms with Gasteiger partial charge in [-0.3, -0.25) is 10.1 Å². The van der Waals surface area contributed by atoms with E-state index in [1.165, 1.54) is 0 Å². The number of aromatic nitrogens is 1. The number of anilines is 1. The Morgan fingerprint density at radius 2 is 2.10 bits per heavy atom. The first-order chi connectivity index (χ1) is 9.99. The molecule has 0 aliphatic heterocycles. The van der Waals surface area contributed by atoms with E-state index in [9.17, 15) is 10.1 Å². The van der Waals surface area contributed by atoms with Crippen molar-refractivity contribution in [3.8, 4) is 0 Å². The van der Waals surface area contributed by atoms with Gasteiger partial charge in [-0.25, -0.2) is 0 Å². The summed E-state index contributed by atoms with van der Waals surface area (Å²) in [5.74, 6) is 0.841. The Hall–Kier alpha value is -2.37. The average Bonchev–Trinajstić information content (AvgIpc) is 2.75. The minimum absolute atomic E-state index is 0.118. The Morgan fingerprint density at radius 1 is 1.33 bits per heavy atom. The minimum atomic E-state index is -0.358. The summed E-state index contributed by atoms with van der Waals surface area (Å²) in [5, 5.41) is 18.1. The lowest BCUT2D eigenvalue weighted by Crippen LogP contribution is -2.06. The Labute approximate surface area is 123 Å². The van der Waals surface area contributed by atoms with Crippen LogP contribution >= 0.6 is 0 Å². The van der Waals surface area contributed by atoms with Gasteiger partial charge in [0.25, 0.3) is 5.69 Å². The second-order valence-corrected chi connectivity index (χ2v) is 5.11. The molecule has 6 nitrogen and oxygen atoms in total. The highest BCUT2D eigenvalue weighted by Gasteiger charge is 2.13. The maximum atomic E-state index is 11.0. The summed E-state index contributed by atoms with van der Waals surface area (Å²) in [7, 11) is 0. The van der Waals surface area contributed by atoms with Crippen molar-refractivity contribution in [2.45, 2.75) is 33.6 Å². The molecule has 1 heterocycles. The summed E-state index contributed by atoms with van der Waals surface area (Å²) in [6, 6.07) is 5.20. The van der Waals surface area contributed by atoms with Crippen molar-refractivity contribution in [3.05, 3.63) is 50.9 Å². The highest BCUT2D eigenvalue weighted by atomic mass is 16.6. The summed E-state index contributed by atoms with van der Waals surface area (Å²) >= 11 is 0. The van der Waals surface area contributed by atoms with E-state index in [0.29, 0.717) is 12.2 Å². The second-order valence-electron chi connectivity index (χ2n) is 5.11. The largest absolute Gasteiger partial charge is 0.379 e. The third-order valence-corrected chi connectivity index (χ3v) is 3.45. The first kappa shape index (κ1) is 15.0. The summed E-state index contributed by atoms with van der Waals surface area (Å²) in [6.45, 7) is 6.32. The Balaban J connectivity index is 1.94. The van der Waals surface area contributed by atoms with Crippen molar-refractivity contribution >= 4 is 11.4 Å². The number of nitrogens with zero attached hydrogens (tertiary/aromatic N) is 2. The van der Waals surface area contributed by atoms with Crippen LogP contribution in [0.4, 0.5) is 11.4 Å². The van der Waals surface area contributed by atoms with Crippen LogP contribution < -0.4 is 5.32 Å².